The highest BCUT2D eigenvalue weighted by Crippen LogP contribution is 2.40. The maximum atomic E-state index is 13.9. The van der Waals surface area contributed by atoms with Crippen LogP contribution >= 0.6 is 0 Å². The van der Waals surface area contributed by atoms with E-state index in [9.17, 15) is 39.2 Å². The molecule has 0 bridgehead atoms. The van der Waals surface area contributed by atoms with Crippen molar-refractivity contribution in [1.29, 1.82) is 0 Å². The van der Waals surface area contributed by atoms with E-state index in [2.05, 4.69) is 4.18 Å². The predicted molar refractivity (Wildman–Crippen MR) is 105 cm³/mol. The van der Waals surface area contributed by atoms with Gasteiger partial charge in [0.2, 0.25) is 0 Å². The molecular formula is C19H27F7O10S. The molecule has 2 spiro atoms. The topological polar surface area (TPSA) is 119 Å². The fourth-order valence-corrected chi connectivity index (χ4v) is 4.52. The first-order chi connectivity index (χ1) is 17.1. The van der Waals surface area contributed by atoms with Crippen LogP contribution in [0.1, 0.15) is 25.7 Å². The van der Waals surface area contributed by atoms with Crippen LogP contribution in [0.5, 0.6) is 0 Å². The minimum absolute atomic E-state index is 0.0272. The molecule has 4 fully saturated rings. The molecule has 0 saturated carbocycles. The largest absolute Gasteiger partial charge is 0.523 e. The molecule has 37 heavy (non-hydrogen) atoms. The molecule has 0 aromatic heterocycles. The van der Waals surface area contributed by atoms with Gasteiger partial charge in [-0.15, -0.1) is 0 Å². The van der Waals surface area contributed by atoms with Crippen LogP contribution < -0.4 is 0 Å². The number of rotatable bonds is 6. The van der Waals surface area contributed by atoms with Crippen LogP contribution in [0.25, 0.3) is 0 Å². The van der Waals surface area contributed by atoms with Gasteiger partial charge in [0.1, 0.15) is 25.4 Å². The van der Waals surface area contributed by atoms with E-state index in [1.807, 2.05) is 0 Å². The third-order valence-electron chi connectivity index (χ3n) is 6.07. The molecule has 1 N–H and O–H groups in total. The van der Waals surface area contributed by atoms with Crippen LogP contribution in [0.3, 0.4) is 0 Å². The molecule has 0 aromatic carbocycles. The molecule has 10 nitrogen and oxygen atoms in total. The zero-order chi connectivity index (χ0) is 27.6. The van der Waals surface area contributed by atoms with Crippen molar-refractivity contribution in [3.05, 3.63) is 0 Å². The van der Waals surface area contributed by atoms with Crippen molar-refractivity contribution in [2.75, 3.05) is 52.9 Å². The summed E-state index contributed by atoms with van der Waals surface area (Å²) in [5.41, 5.74) is -5.77. The van der Waals surface area contributed by atoms with Crippen molar-refractivity contribution in [3.8, 4) is 0 Å². The Morgan fingerprint density at radius 3 is 1.51 bits per heavy atom. The van der Waals surface area contributed by atoms with E-state index >= 15 is 0 Å². The van der Waals surface area contributed by atoms with Crippen molar-refractivity contribution in [2.45, 2.75) is 66.8 Å². The van der Waals surface area contributed by atoms with Crippen molar-refractivity contribution in [3.63, 3.8) is 0 Å². The minimum Gasteiger partial charge on any atom is -0.390 e. The molecule has 2 unspecified atom stereocenters. The fraction of sp³-hybridized carbons (Fsp3) is 1.00. The molecule has 2 atom stereocenters. The zero-order valence-corrected chi connectivity index (χ0v) is 20.1. The van der Waals surface area contributed by atoms with E-state index in [-0.39, 0.29) is 39.3 Å². The van der Waals surface area contributed by atoms with Gasteiger partial charge in [-0.05, 0) is 0 Å². The monoisotopic (exact) mass is 580 g/mol. The van der Waals surface area contributed by atoms with Crippen molar-refractivity contribution in [2.24, 2.45) is 0 Å². The number of aliphatic hydroxyl groups is 1. The van der Waals surface area contributed by atoms with Gasteiger partial charge in [-0.3, -0.25) is 4.18 Å². The lowest BCUT2D eigenvalue weighted by atomic mass is 9.98. The Morgan fingerprint density at radius 1 is 0.730 bits per heavy atom. The van der Waals surface area contributed by atoms with E-state index in [1.165, 1.54) is 0 Å². The first kappa shape index (κ1) is 30.7. The summed E-state index contributed by atoms with van der Waals surface area (Å²) < 4.78 is 146. The molecule has 0 aromatic rings. The SMILES string of the molecule is O=S(=O)(OCC(F)(F)C1CC2(CCO1)OCCO2)C(F)(F)F.OCC(F)(F)C1CC2(CCO1)OCCO2. The number of alkyl halides is 7. The van der Waals surface area contributed by atoms with Gasteiger partial charge in [0.05, 0.1) is 39.6 Å². The maximum absolute atomic E-state index is 13.9. The lowest BCUT2D eigenvalue weighted by molar-refractivity contribution is -0.262. The first-order valence-corrected chi connectivity index (χ1v) is 12.6. The lowest BCUT2D eigenvalue weighted by Gasteiger charge is -2.38. The van der Waals surface area contributed by atoms with Gasteiger partial charge in [0, 0.05) is 25.7 Å². The summed E-state index contributed by atoms with van der Waals surface area (Å²) in [5.74, 6) is -9.37. The average Bonchev–Trinajstić information content (AvgIpc) is 3.47. The Kier molecular flexibility index (Phi) is 9.39. The van der Waals surface area contributed by atoms with E-state index in [4.69, 9.17) is 33.5 Å². The Labute approximate surface area is 207 Å². The first-order valence-electron chi connectivity index (χ1n) is 11.2. The number of hydrogen-bond donors (Lipinski definition) is 1. The van der Waals surface area contributed by atoms with E-state index < -0.39 is 70.9 Å². The zero-order valence-electron chi connectivity index (χ0n) is 19.3. The summed E-state index contributed by atoms with van der Waals surface area (Å²) in [4.78, 5) is 0. The molecule has 4 aliphatic heterocycles. The Morgan fingerprint density at radius 2 is 1.14 bits per heavy atom. The second-order valence-corrected chi connectivity index (χ2v) is 10.3. The van der Waals surface area contributed by atoms with Gasteiger partial charge in [-0.1, -0.05) is 0 Å². The summed E-state index contributed by atoms with van der Waals surface area (Å²) in [6.07, 6.45) is -3.00. The highest BCUT2D eigenvalue weighted by Gasteiger charge is 2.54. The smallest absolute Gasteiger partial charge is 0.390 e. The molecular weight excluding hydrogens is 553 g/mol. The molecule has 4 rings (SSSR count). The van der Waals surface area contributed by atoms with Crippen LogP contribution in [-0.2, 0) is 42.7 Å². The van der Waals surface area contributed by atoms with Crippen LogP contribution in [0.2, 0.25) is 0 Å². The predicted octanol–water partition coefficient (Wildman–Crippen LogP) is 1.95. The van der Waals surface area contributed by atoms with Crippen LogP contribution in [0.15, 0.2) is 0 Å². The van der Waals surface area contributed by atoms with Gasteiger partial charge in [-0.25, -0.2) is 17.6 Å². The quantitative estimate of drug-likeness (QED) is 0.284. The van der Waals surface area contributed by atoms with E-state index in [1.54, 1.807) is 0 Å². The molecule has 218 valence electrons. The molecule has 4 heterocycles. The molecule has 4 saturated heterocycles. The third-order valence-corrected chi connectivity index (χ3v) is 7.06. The summed E-state index contributed by atoms with van der Waals surface area (Å²) in [7, 11) is -6.10. The van der Waals surface area contributed by atoms with E-state index in [0.717, 1.165) is 0 Å². The Balaban J connectivity index is 0.000000220. The molecule has 4 aliphatic rings. The van der Waals surface area contributed by atoms with Crippen LogP contribution in [0, 0.1) is 0 Å². The van der Waals surface area contributed by atoms with Gasteiger partial charge >= 0.3 is 15.6 Å². The Hall–Kier alpha value is -0.860. The molecule has 18 heteroatoms. The van der Waals surface area contributed by atoms with Crippen LogP contribution in [-0.4, -0.2) is 108 Å². The summed E-state index contributed by atoms with van der Waals surface area (Å²) >= 11 is 0. The highest BCUT2D eigenvalue weighted by atomic mass is 32.2. The normalized spacial score (nSPS) is 28.3. The summed E-state index contributed by atoms with van der Waals surface area (Å²) in [6.45, 7) is -1.92. The summed E-state index contributed by atoms with van der Waals surface area (Å²) in [6, 6.07) is 0. The molecule has 0 aliphatic carbocycles. The van der Waals surface area contributed by atoms with Gasteiger partial charge in [-0.2, -0.15) is 21.6 Å². The highest BCUT2D eigenvalue weighted by molar-refractivity contribution is 7.87. The van der Waals surface area contributed by atoms with Gasteiger partial charge < -0.3 is 33.5 Å². The van der Waals surface area contributed by atoms with Crippen molar-refractivity contribution < 1.29 is 76.9 Å². The minimum atomic E-state index is -6.10. The number of hydrogen-bond acceptors (Lipinski definition) is 10. The van der Waals surface area contributed by atoms with Crippen molar-refractivity contribution >= 4 is 10.1 Å². The number of ether oxygens (including phenoxy) is 6. The van der Waals surface area contributed by atoms with Crippen LogP contribution in [0.4, 0.5) is 30.7 Å². The van der Waals surface area contributed by atoms with E-state index in [0.29, 0.717) is 19.6 Å². The number of aliphatic hydroxyl groups excluding tert-OH is 1. The number of halogens is 7. The second-order valence-electron chi connectivity index (χ2n) is 8.68. The third kappa shape index (κ3) is 7.42. The fourth-order valence-electron chi connectivity index (χ4n) is 4.08. The lowest BCUT2D eigenvalue weighted by Crippen LogP contribution is -2.51. The van der Waals surface area contributed by atoms with Gasteiger partial charge in [0.15, 0.2) is 11.6 Å². The average molecular weight is 580 g/mol. The standard InChI is InChI=1S/C10H13F5O6S.C9H14F2O4/c11-9(12,6-21-22(16,17)10(13,14)15)7-5-8(1-2-18-7)19-3-4-20-8;10-9(11,6-12)7-5-8(1-2-13-7)14-3-4-15-8/h7H,1-6H2;7,12H,1-6H2. The Bertz CT molecular complexity index is 858. The van der Waals surface area contributed by atoms with Crippen molar-refractivity contribution in [1.82, 2.24) is 0 Å². The maximum Gasteiger partial charge on any atom is 0.523 e. The van der Waals surface area contributed by atoms with Gasteiger partial charge in [0.25, 0.3) is 11.8 Å². The second kappa shape index (κ2) is 11.3. The molecule has 0 amide bonds. The molecule has 0 radical (unpaired) electrons. The summed E-state index contributed by atoms with van der Waals surface area (Å²) in [5, 5.41) is 8.57.